The van der Waals surface area contributed by atoms with Crippen LogP contribution in [0.1, 0.15) is 16.4 Å². The van der Waals surface area contributed by atoms with Crippen molar-refractivity contribution in [2.75, 3.05) is 18.9 Å². The van der Waals surface area contributed by atoms with Gasteiger partial charge in [0.2, 0.25) is 11.0 Å². The number of nitrogens with one attached hydrogen (secondary N) is 1. The fourth-order valence-electron chi connectivity index (χ4n) is 2.54. The minimum Gasteiger partial charge on any atom is -0.353 e. The van der Waals surface area contributed by atoms with E-state index in [1.807, 2.05) is 34.9 Å². The van der Waals surface area contributed by atoms with Crippen LogP contribution in [0.4, 0.5) is 5.13 Å². The molecule has 2 aromatic heterocycles. The van der Waals surface area contributed by atoms with Gasteiger partial charge in [0.1, 0.15) is 0 Å². The second-order valence-electron chi connectivity index (χ2n) is 5.46. The standard InChI is InChI=1S/C15H15N7OS/c1-21-7-8-22-11(18-19-13(22)14(21)23)9-16-15-17-12(20-24-15)10-5-3-2-4-6-10/h2-6H,7-9H2,1H3,(H,16,17,20). The van der Waals surface area contributed by atoms with E-state index in [0.717, 1.165) is 11.4 Å². The second-order valence-corrected chi connectivity index (χ2v) is 6.21. The Bertz CT molecular complexity index is 873. The van der Waals surface area contributed by atoms with Crippen molar-refractivity contribution in [1.29, 1.82) is 0 Å². The summed E-state index contributed by atoms with van der Waals surface area (Å²) in [5.74, 6) is 1.72. The molecular weight excluding hydrogens is 326 g/mol. The zero-order valence-electron chi connectivity index (χ0n) is 13.0. The predicted octanol–water partition coefficient (Wildman–Crippen LogP) is 1.49. The summed E-state index contributed by atoms with van der Waals surface area (Å²) in [4.78, 5) is 18.2. The Kier molecular flexibility index (Phi) is 3.69. The SMILES string of the molecule is CN1CCn2c(CNc3nc(-c4ccccc4)ns3)nnc2C1=O. The lowest BCUT2D eigenvalue weighted by Gasteiger charge is -2.23. The number of amides is 1. The number of hydrogen-bond acceptors (Lipinski definition) is 7. The van der Waals surface area contributed by atoms with Crippen molar-refractivity contribution in [3.8, 4) is 11.4 Å². The molecule has 3 heterocycles. The van der Waals surface area contributed by atoms with E-state index in [4.69, 9.17) is 0 Å². The first-order chi connectivity index (χ1) is 11.7. The Morgan fingerprint density at radius 2 is 2.04 bits per heavy atom. The molecule has 8 nitrogen and oxygen atoms in total. The lowest BCUT2D eigenvalue weighted by molar-refractivity contribution is 0.0740. The van der Waals surface area contributed by atoms with Crippen molar-refractivity contribution >= 4 is 22.6 Å². The molecule has 1 aliphatic rings. The Labute approximate surface area is 142 Å². The Morgan fingerprint density at radius 1 is 1.21 bits per heavy atom. The highest BCUT2D eigenvalue weighted by molar-refractivity contribution is 7.09. The summed E-state index contributed by atoms with van der Waals surface area (Å²) < 4.78 is 6.22. The number of carbonyl (C=O) groups excluding carboxylic acids is 1. The van der Waals surface area contributed by atoms with E-state index in [1.54, 1.807) is 11.9 Å². The van der Waals surface area contributed by atoms with Crippen LogP contribution in [0.5, 0.6) is 0 Å². The number of hydrogen-bond donors (Lipinski definition) is 1. The van der Waals surface area contributed by atoms with Gasteiger partial charge in [0.25, 0.3) is 5.91 Å². The lowest BCUT2D eigenvalue weighted by Crippen LogP contribution is -2.38. The first kappa shape index (κ1) is 14.8. The van der Waals surface area contributed by atoms with E-state index >= 15 is 0 Å². The monoisotopic (exact) mass is 341 g/mol. The Morgan fingerprint density at radius 3 is 2.88 bits per heavy atom. The topological polar surface area (TPSA) is 88.8 Å². The highest BCUT2D eigenvalue weighted by Gasteiger charge is 2.26. The van der Waals surface area contributed by atoms with Crippen LogP contribution in [0.3, 0.4) is 0 Å². The molecule has 0 saturated carbocycles. The molecule has 122 valence electrons. The van der Waals surface area contributed by atoms with Crippen LogP contribution in [0.2, 0.25) is 0 Å². The van der Waals surface area contributed by atoms with Gasteiger partial charge in [-0.1, -0.05) is 30.3 Å². The van der Waals surface area contributed by atoms with Crippen molar-refractivity contribution in [3.05, 3.63) is 42.0 Å². The average Bonchev–Trinajstić information content (AvgIpc) is 3.24. The van der Waals surface area contributed by atoms with Gasteiger partial charge in [-0.2, -0.15) is 9.36 Å². The van der Waals surface area contributed by atoms with Crippen LogP contribution < -0.4 is 5.32 Å². The fourth-order valence-corrected chi connectivity index (χ4v) is 3.12. The quantitative estimate of drug-likeness (QED) is 0.773. The summed E-state index contributed by atoms with van der Waals surface area (Å²) in [5, 5.41) is 12.0. The van der Waals surface area contributed by atoms with Crippen molar-refractivity contribution in [3.63, 3.8) is 0 Å². The molecule has 3 aromatic rings. The third-order valence-electron chi connectivity index (χ3n) is 3.88. The summed E-state index contributed by atoms with van der Waals surface area (Å²) in [7, 11) is 1.77. The van der Waals surface area contributed by atoms with Crippen LogP contribution in [-0.2, 0) is 13.1 Å². The molecule has 1 N–H and O–H groups in total. The van der Waals surface area contributed by atoms with E-state index in [0.29, 0.717) is 36.4 Å². The number of nitrogens with zero attached hydrogens (tertiary/aromatic N) is 6. The molecule has 0 fully saturated rings. The highest BCUT2D eigenvalue weighted by Crippen LogP contribution is 2.21. The maximum atomic E-state index is 12.0. The number of likely N-dealkylation sites (N-methyl/N-ethyl adjacent to an activating group) is 1. The predicted molar refractivity (Wildman–Crippen MR) is 89.7 cm³/mol. The molecule has 0 spiro atoms. The molecule has 0 unspecified atom stereocenters. The van der Waals surface area contributed by atoms with E-state index in [-0.39, 0.29) is 5.91 Å². The van der Waals surface area contributed by atoms with Gasteiger partial charge >= 0.3 is 0 Å². The smallest absolute Gasteiger partial charge is 0.291 e. The molecule has 0 radical (unpaired) electrons. The highest BCUT2D eigenvalue weighted by atomic mass is 32.1. The molecule has 1 amide bonds. The zero-order chi connectivity index (χ0) is 16.5. The third kappa shape index (κ3) is 2.62. The fraction of sp³-hybridized carbons (Fsp3) is 0.267. The largest absolute Gasteiger partial charge is 0.353 e. The maximum absolute atomic E-state index is 12.0. The van der Waals surface area contributed by atoms with Crippen LogP contribution >= 0.6 is 11.5 Å². The van der Waals surface area contributed by atoms with Gasteiger partial charge in [0.05, 0.1) is 6.54 Å². The number of anilines is 1. The number of aromatic nitrogens is 5. The molecule has 9 heteroatoms. The van der Waals surface area contributed by atoms with Gasteiger partial charge in [-0.05, 0) is 0 Å². The summed E-state index contributed by atoms with van der Waals surface area (Å²) in [6.45, 7) is 1.81. The van der Waals surface area contributed by atoms with E-state index in [2.05, 4.69) is 24.9 Å². The number of fused-ring (bicyclic) bond motifs is 1. The minimum atomic E-state index is -0.0951. The summed E-state index contributed by atoms with van der Waals surface area (Å²) in [5.41, 5.74) is 0.982. The molecule has 24 heavy (non-hydrogen) atoms. The van der Waals surface area contributed by atoms with Crippen LogP contribution in [0.25, 0.3) is 11.4 Å². The third-order valence-corrected chi connectivity index (χ3v) is 4.55. The van der Waals surface area contributed by atoms with Crippen LogP contribution in [-0.4, -0.2) is 48.5 Å². The first-order valence-corrected chi connectivity index (χ1v) is 8.30. The van der Waals surface area contributed by atoms with E-state index in [1.165, 1.54) is 11.5 Å². The minimum absolute atomic E-state index is 0.0951. The van der Waals surface area contributed by atoms with Gasteiger partial charge < -0.3 is 14.8 Å². The summed E-state index contributed by atoms with van der Waals surface area (Å²) in [6.07, 6.45) is 0. The normalized spacial score (nSPS) is 13.9. The van der Waals surface area contributed by atoms with E-state index < -0.39 is 0 Å². The molecular formula is C15H15N7OS. The van der Waals surface area contributed by atoms with Crippen molar-refractivity contribution in [2.24, 2.45) is 0 Å². The molecule has 1 aliphatic heterocycles. The van der Waals surface area contributed by atoms with Crippen molar-refractivity contribution in [2.45, 2.75) is 13.1 Å². The van der Waals surface area contributed by atoms with Crippen molar-refractivity contribution in [1.82, 2.24) is 29.0 Å². The van der Waals surface area contributed by atoms with Crippen molar-refractivity contribution < 1.29 is 4.79 Å². The molecule has 0 bridgehead atoms. The maximum Gasteiger partial charge on any atom is 0.291 e. The van der Waals surface area contributed by atoms with Crippen LogP contribution in [0, 0.1) is 0 Å². The van der Waals surface area contributed by atoms with Gasteiger partial charge in [0, 0.05) is 37.2 Å². The first-order valence-electron chi connectivity index (χ1n) is 7.53. The lowest BCUT2D eigenvalue weighted by atomic mass is 10.2. The van der Waals surface area contributed by atoms with Gasteiger partial charge in [-0.15, -0.1) is 10.2 Å². The molecule has 0 saturated heterocycles. The van der Waals surface area contributed by atoms with Gasteiger partial charge in [-0.25, -0.2) is 0 Å². The number of rotatable bonds is 4. The Balaban J connectivity index is 1.48. The van der Waals surface area contributed by atoms with Gasteiger partial charge in [-0.3, -0.25) is 4.79 Å². The molecule has 4 rings (SSSR count). The summed E-state index contributed by atoms with van der Waals surface area (Å²) >= 11 is 1.30. The molecule has 1 aromatic carbocycles. The number of carbonyl (C=O) groups is 1. The number of benzene rings is 1. The molecule has 0 atom stereocenters. The zero-order valence-corrected chi connectivity index (χ0v) is 13.8. The van der Waals surface area contributed by atoms with E-state index in [9.17, 15) is 4.79 Å². The second kappa shape index (κ2) is 6.00. The van der Waals surface area contributed by atoms with Gasteiger partial charge in [0.15, 0.2) is 11.6 Å². The summed E-state index contributed by atoms with van der Waals surface area (Å²) in [6, 6.07) is 9.83. The van der Waals surface area contributed by atoms with Crippen LogP contribution in [0.15, 0.2) is 30.3 Å². The molecule has 0 aliphatic carbocycles. The Hall–Kier alpha value is -2.81. The average molecular weight is 341 g/mol.